The van der Waals surface area contributed by atoms with Gasteiger partial charge >= 0.3 is 0 Å². The van der Waals surface area contributed by atoms with E-state index in [9.17, 15) is 9.18 Å². The quantitative estimate of drug-likeness (QED) is 0.728. The number of likely N-dealkylation sites (tertiary alicyclic amines) is 1. The number of nitrogens with one attached hydrogen (secondary N) is 1. The summed E-state index contributed by atoms with van der Waals surface area (Å²) in [4.78, 5) is 19.4. The minimum Gasteiger partial charge on any atom is -0.494 e. The second-order valence-electron chi connectivity index (χ2n) is 7.21. The second kappa shape index (κ2) is 7.20. The molecule has 1 unspecified atom stereocenters. The SMILES string of the molecule is COc1cccc(CN2CCC2(C)C(=O)Nc2cccc3cccnc23)c1F. The van der Waals surface area contributed by atoms with Gasteiger partial charge in [0, 0.05) is 30.2 Å². The Kier molecular flexibility index (Phi) is 4.73. The van der Waals surface area contributed by atoms with Gasteiger partial charge in [0.1, 0.15) is 0 Å². The fraction of sp³-hybridized carbons (Fsp3) is 0.273. The Balaban J connectivity index is 1.54. The number of benzene rings is 2. The minimum absolute atomic E-state index is 0.111. The molecule has 28 heavy (non-hydrogen) atoms. The van der Waals surface area contributed by atoms with E-state index < -0.39 is 5.54 Å². The van der Waals surface area contributed by atoms with Crippen molar-refractivity contribution in [3.63, 3.8) is 0 Å². The lowest BCUT2D eigenvalue weighted by Gasteiger charge is -2.49. The molecule has 1 N–H and O–H groups in total. The Labute approximate surface area is 163 Å². The van der Waals surface area contributed by atoms with E-state index in [0.717, 1.165) is 17.4 Å². The van der Waals surface area contributed by atoms with Gasteiger partial charge < -0.3 is 10.1 Å². The van der Waals surface area contributed by atoms with Crippen LogP contribution >= 0.6 is 0 Å². The van der Waals surface area contributed by atoms with Gasteiger partial charge in [0.05, 0.1) is 23.9 Å². The van der Waals surface area contributed by atoms with Crippen molar-refractivity contribution in [2.75, 3.05) is 19.0 Å². The third kappa shape index (κ3) is 3.10. The number of nitrogens with zero attached hydrogens (tertiary/aromatic N) is 2. The molecular formula is C22H22FN3O2. The Hall–Kier alpha value is -2.99. The average molecular weight is 379 g/mol. The maximum atomic E-state index is 14.5. The zero-order valence-corrected chi connectivity index (χ0v) is 15.9. The fourth-order valence-corrected chi connectivity index (χ4v) is 3.62. The van der Waals surface area contributed by atoms with Crippen LogP contribution in [0.25, 0.3) is 10.9 Å². The van der Waals surface area contributed by atoms with E-state index >= 15 is 0 Å². The van der Waals surface area contributed by atoms with E-state index in [-0.39, 0.29) is 17.5 Å². The van der Waals surface area contributed by atoms with Crippen molar-refractivity contribution in [1.82, 2.24) is 9.88 Å². The van der Waals surface area contributed by atoms with Crippen molar-refractivity contribution in [1.29, 1.82) is 0 Å². The van der Waals surface area contributed by atoms with Crippen LogP contribution in [0.5, 0.6) is 5.75 Å². The van der Waals surface area contributed by atoms with Gasteiger partial charge in [-0.05, 0) is 31.5 Å². The van der Waals surface area contributed by atoms with E-state index in [2.05, 4.69) is 10.3 Å². The predicted octanol–water partition coefficient (Wildman–Crippen LogP) is 3.99. The Morgan fingerprint density at radius 1 is 1.25 bits per heavy atom. The lowest BCUT2D eigenvalue weighted by molar-refractivity contribution is -0.136. The molecule has 0 aliphatic carbocycles. The number of anilines is 1. The lowest BCUT2D eigenvalue weighted by atomic mass is 9.85. The van der Waals surface area contributed by atoms with Crippen molar-refractivity contribution in [3.05, 3.63) is 66.1 Å². The number of rotatable bonds is 5. The molecule has 5 nitrogen and oxygen atoms in total. The molecule has 0 bridgehead atoms. The number of ether oxygens (including phenoxy) is 1. The zero-order chi connectivity index (χ0) is 19.7. The molecule has 1 amide bonds. The van der Waals surface area contributed by atoms with E-state index in [1.807, 2.05) is 42.2 Å². The summed E-state index contributed by atoms with van der Waals surface area (Å²) in [6.07, 6.45) is 2.42. The van der Waals surface area contributed by atoms with Crippen LogP contribution in [0.3, 0.4) is 0 Å². The summed E-state index contributed by atoms with van der Waals surface area (Å²) in [5, 5.41) is 3.99. The molecule has 144 valence electrons. The number of carbonyl (C=O) groups is 1. The number of carbonyl (C=O) groups excluding carboxylic acids is 1. The van der Waals surface area contributed by atoms with Crippen LogP contribution in [0, 0.1) is 5.82 Å². The highest BCUT2D eigenvalue weighted by Gasteiger charge is 2.47. The molecule has 0 spiro atoms. The molecule has 0 saturated carbocycles. The number of aromatic nitrogens is 1. The topological polar surface area (TPSA) is 54.5 Å². The molecule has 1 aliphatic rings. The second-order valence-corrected chi connectivity index (χ2v) is 7.21. The number of pyridine rings is 1. The molecule has 2 heterocycles. The van der Waals surface area contributed by atoms with Crippen LogP contribution < -0.4 is 10.1 Å². The normalized spacial score (nSPS) is 19.2. The van der Waals surface area contributed by atoms with Gasteiger partial charge in [-0.3, -0.25) is 14.7 Å². The molecule has 1 atom stereocenters. The predicted molar refractivity (Wildman–Crippen MR) is 107 cm³/mol. The van der Waals surface area contributed by atoms with Crippen LogP contribution in [0.1, 0.15) is 18.9 Å². The highest BCUT2D eigenvalue weighted by Crippen LogP contribution is 2.35. The number of fused-ring (bicyclic) bond motifs is 1. The first-order valence-electron chi connectivity index (χ1n) is 9.24. The summed E-state index contributed by atoms with van der Waals surface area (Å²) in [7, 11) is 1.45. The molecule has 6 heteroatoms. The molecule has 1 fully saturated rings. The summed E-state index contributed by atoms with van der Waals surface area (Å²) in [6, 6.07) is 14.6. The van der Waals surface area contributed by atoms with E-state index in [1.54, 1.807) is 24.4 Å². The first-order chi connectivity index (χ1) is 13.5. The van der Waals surface area contributed by atoms with Gasteiger partial charge in [-0.1, -0.05) is 30.3 Å². The van der Waals surface area contributed by atoms with Crippen LogP contribution in [-0.2, 0) is 11.3 Å². The number of hydrogen-bond acceptors (Lipinski definition) is 4. The molecule has 4 rings (SSSR count). The van der Waals surface area contributed by atoms with Gasteiger partial charge in [-0.2, -0.15) is 0 Å². The highest BCUT2D eigenvalue weighted by atomic mass is 19.1. The van der Waals surface area contributed by atoms with Gasteiger partial charge in [-0.15, -0.1) is 0 Å². The van der Waals surface area contributed by atoms with E-state index in [1.165, 1.54) is 7.11 Å². The minimum atomic E-state index is -0.702. The van der Waals surface area contributed by atoms with Gasteiger partial charge in [-0.25, -0.2) is 4.39 Å². The lowest BCUT2D eigenvalue weighted by Crippen LogP contribution is -2.63. The molecule has 0 radical (unpaired) electrons. The smallest absolute Gasteiger partial charge is 0.244 e. The van der Waals surface area contributed by atoms with E-state index in [0.29, 0.717) is 24.2 Å². The number of halogens is 1. The zero-order valence-electron chi connectivity index (χ0n) is 15.9. The summed E-state index contributed by atoms with van der Waals surface area (Å²) in [5.74, 6) is -0.274. The van der Waals surface area contributed by atoms with Crippen molar-refractivity contribution in [3.8, 4) is 5.75 Å². The van der Waals surface area contributed by atoms with Crippen molar-refractivity contribution < 1.29 is 13.9 Å². The largest absolute Gasteiger partial charge is 0.494 e. The summed E-state index contributed by atoms with van der Waals surface area (Å²) in [6.45, 7) is 2.97. The average Bonchev–Trinajstić information content (AvgIpc) is 2.71. The summed E-state index contributed by atoms with van der Waals surface area (Å²) in [5.41, 5.74) is 1.26. The number of para-hydroxylation sites is 1. The molecule has 1 saturated heterocycles. The highest BCUT2D eigenvalue weighted by molar-refractivity contribution is 6.04. The van der Waals surface area contributed by atoms with Crippen LogP contribution in [0.2, 0.25) is 0 Å². The number of hydrogen-bond donors (Lipinski definition) is 1. The molecular weight excluding hydrogens is 357 g/mol. The van der Waals surface area contributed by atoms with Crippen LogP contribution in [-0.4, -0.2) is 35.0 Å². The molecule has 2 aromatic carbocycles. The maximum absolute atomic E-state index is 14.5. The Morgan fingerprint density at radius 2 is 2.04 bits per heavy atom. The monoisotopic (exact) mass is 379 g/mol. The third-order valence-electron chi connectivity index (χ3n) is 5.56. The molecule has 1 aliphatic heterocycles. The van der Waals surface area contributed by atoms with Crippen molar-refractivity contribution in [2.24, 2.45) is 0 Å². The summed E-state index contributed by atoms with van der Waals surface area (Å²) >= 11 is 0. The van der Waals surface area contributed by atoms with Gasteiger partial charge in [0.2, 0.25) is 5.91 Å². The van der Waals surface area contributed by atoms with E-state index in [4.69, 9.17) is 4.74 Å². The Bertz CT molecular complexity index is 1030. The number of methoxy groups -OCH3 is 1. The van der Waals surface area contributed by atoms with Gasteiger partial charge in [0.15, 0.2) is 11.6 Å². The molecule has 1 aromatic heterocycles. The van der Waals surface area contributed by atoms with Crippen molar-refractivity contribution >= 4 is 22.5 Å². The number of amides is 1. The maximum Gasteiger partial charge on any atom is 0.244 e. The van der Waals surface area contributed by atoms with Gasteiger partial charge in [0.25, 0.3) is 0 Å². The van der Waals surface area contributed by atoms with Crippen LogP contribution in [0.15, 0.2) is 54.7 Å². The van der Waals surface area contributed by atoms with Crippen molar-refractivity contribution in [2.45, 2.75) is 25.4 Å². The first kappa shape index (κ1) is 18.4. The molecule has 3 aromatic rings. The van der Waals surface area contributed by atoms with Crippen LogP contribution in [0.4, 0.5) is 10.1 Å². The standard InChI is InChI=1S/C22H22FN3O2/c1-22(11-13-26(22)14-16-7-4-10-18(28-2)19(16)23)21(27)25-17-9-3-6-15-8-5-12-24-20(15)17/h3-10,12H,11,13-14H2,1-2H3,(H,25,27). The third-order valence-corrected chi connectivity index (χ3v) is 5.56. The fourth-order valence-electron chi connectivity index (χ4n) is 3.62. The first-order valence-corrected chi connectivity index (χ1v) is 9.24. The summed E-state index contributed by atoms with van der Waals surface area (Å²) < 4.78 is 19.6. The Morgan fingerprint density at radius 3 is 2.79 bits per heavy atom.